The molecule has 1 aliphatic heterocycles. The van der Waals surface area contributed by atoms with E-state index in [1.807, 2.05) is 0 Å². The molecule has 0 atom stereocenters. The monoisotopic (exact) mass is 265 g/mol. The van der Waals surface area contributed by atoms with Crippen molar-refractivity contribution in [3.63, 3.8) is 0 Å². The molecule has 0 amide bonds. The highest BCUT2D eigenvalue weighted by Crippen LogP contribution is 2.29. The van der Waals surface area contributed by atoms with Crippen LogP contribution in [0.4, 0.5) is 19.0 Å². The molecule has 1 aromatic heterocycles. The van der Waals surface area contributed by atoms with Gasteiger partial charge in [-0.1, -0.05) is 0 Å². The number of hydrogen-bond donors (Lipinski definition) is 0. The fraction of sp³-hybridized carbons (Fsp3) is 0.600. The molecule has 2 rings (SSSR count). The smallest absolute Gasteiger partial charge is 0.356 e. The van der Waals surface area contributed by atoms with E-state index in [9.17, 15) is 13.2 Å². The Kier molecular flexibility index (Phi) is 3.42. The van der Waals surface area contributed by atoms with Crippen molar-refractivity contribution in [3.8, 4) is 0 Å². The van der Waals surface area contributed by atoms with Gasteiger partial charge in [-0.25, -0.2) is 9.97 Å². The number of aromatic nitrogens is 2. The third-order valence-corrected chi connectivity index (χ3v) is 3.13. The van der Waals surface area contributed by atoms with Crippen LogP contribution < -0.4 is 4.90 Å². The van der Waals surface area contributed by atoms with Gasteiger partial charge in [0.25, 0.3) is 0 Å². The Bertz CT molecular complexity index is 389. The van der Waals surface area contributed by atoms with Gasteiger partial charge in [-0.05, 0) is 12.8 Å². The molecule has 17 heavy (non-hydrogen) atoms. The minimum absolute atomic E-state index is 0.107. The molecule has 1 aromatic rings. The van der Waals surface area contributed by atoms with E-state index in [1.165, 1.54) is 0 Å². The minimum Gasteiger partial charge on any atom is -0.356 e. The lowest BCUT2D eigenvalue weighted by Crippen LogP contribution is -2.34. The molecular formula is C10H11ClF3N3. The molecule has 0 unspecified atom stereocenters. The van der Waals surface area contributed by atoms with Crippen molar-refractivity contribution >= 4 is 17.4 Å². The van der Waals surface area contributed by atoms with Crippen LogP contribution in [0.5, 0.6) is 0 Å². The van der Waals surface area contributed by atoms with Gasteiger partial charge in [-0.15, -0.1) is 11.6 Å². The van der Waals surface area contributed by atoms with E-state index in [0.717, 1.165) is 25.2 Å². The van der Waals surface area contributed by atoms with E-state index < -0.39 is 11.9 Å². The highest BCUT2D eigenvalue weighted by Gasteiger charge is 2.33. The van der Waals surface area contributed by atoms with Crippen molar-refractivity contribution in [2.45, 2.75) is 24.4 Å². The van der Waals surface area contributed by atoms with Crippen molar-refractivity contribution in [1.82, 2.24) is 9.97 Å². The first-order valence-electron chi connectivity index (χ1n) is 5.25. The number of halogens is 4. The number of alkyl halides is 4. The summed E-state index contributed by atoms with van der Waals surface area (Å²) in [7, 11) is 0. The predicted octanol–water partition coefficient (Wildman–Crippen LogP) is 2.70. The van der Waals surface area contributed by atoms with E-state index in [1.54, 1.807) is 4.90 Å². The standard InChI is InChI=1S/C10H11ClF3N3/c11-7-1-3-17(4-2-7)9-5-8(10(12,13)14)15-6-16-9/h5-7H,1-4H2. The molecule has 2 heterocycles. The largest absolute Gasteiger partial charge is 0.433 e. The van der Waals surface area contributed by atoms with E-state index in [2.05, 4.69) is 9.97 Å². The third kappa shape index (κ3) is 3.00. The number of piperidine rings is 1. The first kappa shape index (κ1) is 12.4. The zero-order valence-corrected chi connectivity index (χ0v) is 9.67. The van der Waals surface area contributed by atoms with Crippen LogP contribution in [-0.2, 0) is 6.18 Å². The molecular weight excluding hydrogens is 255 g/mol. The maximum Gasteiger partial charge on any atom is 0.433 e. The van der Waals surface area contributed by atoms with Crippen LogP contribution >= 0.6 is 11.6 Å². The summed E-state index contributed by atoms with van der Waals surface area (Å²) in [6.07, 6.45) is -1.97. The molecule has 0 spiro atoms. The average molecular weight is 266 g/mol. The van der Waals surface area contributed by atoms with Gasteiger partial charge in [0.15, 0.2) is 0 Å². The van der Waals surface area contributed by atoms with E-state index in [4.69, 9.17) is 11.6 Å². The van der Waals surface area contributed by atoms with Crippen molar-refractivity contribution in [2.24, 2.45) is 0 Å². The van der Waals surface area contributed by atoms with Crippen LogP contribution in [0.3, 0.4) is 0 Å². The van der Waals surface area contributed by atoms with Crippen LogP contribution in [-0.4, -0.2) is 28.4 Å². The molecule has 94 valence electrons. The summed E-state index contributed by atoms with van der Waals surface area (Å²) in [6, 6.07) is 0.981. The Hall–Kier alpha value is -1.04. The first-order chi connectivity index (χ1) is 7.97. The zero-order valence-electron chi connectivity index (χ0n) is 8.91. The van der Waals surface area contributed by atoms with Crippen molar-refractivity contribution in [3.05, 3.63) is 18.1 Å². The molecule has 7 heteroatoms. The van der Waals surface area contributed by atoms with Gasteiger partial charge in [0, 0.05) is 24.5 Å². The van der Waals surface area contributed by atoms with Crippen LogP contribution in [0.2, 0.25) is 0 Å². The van der Waals surface area contributed by atoms with E-state index in [0.29, 0.717) is 18.9 Å². The van der Waals surface area contributed by atoms with E-state index in [-0.39, 0.29) is 5.38 Å². The number of nitrogens with zero attached hydrogens (tertiary/aromatic N) is 3. The molecule has 0 N–H and O–H groups in total. The van der Waals surface area contributed by atoms with Crippen molar-refractivity contribution < 1.29 is 13.2 Å². The fourth-order valence-electron chi connectivity index (χ4n) is 1.75. The summed E-state index contributed by atoms with van der Waals surface area (Å²) in [4.78, 5) is 8.91. The summed E-state index contributed by atoms with van der Waals surface area (Å²) >= 11 is 5.93. The molecule has 1 saturated heterocycles. The molecule has 0 radical (unpaired) electrons. The summed E-state index contributed by atoms with van der Waals surface area (Å²) in [5.41, 5.74) is -0.907. The minimum atomic E-state index is -4.43. The van der Waals surface area contributed by atoms with Crippen LogP contribution in [0.25, 0.3) is 0 Å². The number of hydrogen-bond acceptors (Lipinski definition) is 3. The van der Waals surface area contributed by atoms with Crippen LogP contribution in [0.15, 0.2) is 12.4 Å². The third-order valence-electron chi connectivity index (χ3n) is 2.69. The Morgan fingerprint density at radius 3 is 2.47 bits per heavy atom. The SMILES string of the molecule is FC(F)(F)c1cc(N2CCC(Cl)CC2)ncn1. The summed E-state index contributed by atoms with van der Waals surface area (Å²) in [5.74, 6) is 0.316. The summed E-state index contributed by atoms with van der Waals surface area (Å²) in [6.45, 7) is 1.25. The lowest BCUT2D eigenvalue weighted by molar-refractivity contribution is -0.141. The average Bonchev–Trinajstić information content (AvgIpc) is 2.29. The van der Waals surface area contributed by atoms with Crippen molar-refractivity contribution in [1.29, 1.82) is 0 Å². The maximum absolute atomic E-state index is 12.5. The quantitative estimate of drug-likeness (QED) is 0.731. The van der Waals surface area contributed by atoms with Crippen LogP contribution in [0, 0.1) is 0 Å². The lowest BCUT2D eigenvalue weighted by Gasteiger charge is -2.30. The highest BCUT2D eigenvalue weighted by atomic mass is 35.5. The van der Waals surface area contributed by atoms with Gasteiger partial charge in [0.1, 0.15) is 17.8 Å². The molecule has 0 aromatic carbocycles. The Morgan fingerprint density at radius 2 is 1.88 bits per heavy atom. The Labute approximate surface area is 102 Å². The van der Waals surface area contributed by atoms with E-state index >= 15 is 0 Å². The lowest BCUT2D eigenvalue weighted by atomic mass is 10.1. The number of rotatable bonds is 1. The first-order valence-corrected chi connectivity index (χ1v) is 5.69. The van der Waals surface area contributed by atoms with Gasteiger partial charge in [-0.3, -0.25) is 0 Å². The normalized spacial score (nSPS) is 18.5. The van der Waals surface area contributed by atoms with Crippen LogP contribution in [0.1, 0.15) is 18.5 Å². The second-order valence-corrected chi connectivity index (χ2v) is 4.54. The van der Waals surface area contributed by atoms with Crippen molar-refractivity contribution in [2.75, 3.05) is 18.0 Å². The second kappa shape index (κ2) is 4.68. The molecule has 0 bridgehead atoms. The molecule has 1 aliphatic rings. The second-order valence-electron chi connectivity index (χ2n) is 3.92. The Balaban J connectivity index is 2.16. The fourth-order valence-corrected chi connectivity index (χ4v) is 1.95. The highest BCUT2D eigenvalue weighted by molar-refractivity contribution is 6.20. The molecule has 3 nitrogen and oxygen atoms in total. The molecule has 1 fully saturated rings. The summed E-state index contributed by atoms with van der Waals surface area (Å²) in [5, 5.41) is 0.107. The van der Waals surface area contributed by atoms with Gasteiger partial charge >= 0.3 is 6.18 Å². The van der Waals surface area contributed by atoms with Gasteiger partial charge in [0.2, 0.25) is 0 Å². The van der Waals surface area contributed by atoms with Gasteiger partial charge < -0.3 is 4.90 Å². The topological polar surface area (TPSA) is 29.0 Å². The summed E-state index contributed by atoms with van der Waals surface area (Å²) < 4.78 is 37.4. The molecule has 0 saturated carbocycles. The molecule has 0 aliphatic carbocycles. The van der Waals surface area contributed by atoms with Gasteiger partial charge in [0.05, 0.1) is 0 Å². The number of anilines is 1. The predicted molar refractivity (Wildman–Crippen MR) is 58.1 cm³/mol. The zero-order chi connectivity index (χ0) is 12.5. The Morgan fingerprint density at radius 1 is 1.24 bits per heavy atom. The maximum atomic E-state index is 12.5. The van der Waals surface area contributed by atoms with Gasteiger partial charge in [-0.2, -0.15) is 13.2 Å².